The zero-order valence-electron chi connectivity index (χ0n) is 12.3. The molecule has 0 amide bonds. The van der Waals surface area contributed by atoms with E-state index in [1.54, 1.807) is 12.4 Å². The molecule has 0 spiro atoms. The topological polar surface area (TPSA) is 47.0 Å². The van der Waals surface area contributed by atoms with E-state index in [2.05, 4.69) is 45.1 Å². The Hall–Kier alpha value is -1.46. The Labute approximate surface area is 134 Å². The van der Waals surface area contributed by atoms with E-state index < -0.39 is 0 Å². The molecule has 0 fully saturated rings. The van der Waals surface area contributed by atoms with E-state index in [0.717, 1.165) is 28.8 Å². The number of halogens is 1. The molecule has 1 aromatic carbocycles. The van der Waals surface area contributed by atoms with Crippen LogP contribution in [0.5, 0.6) is 5.88 Å². The van der Waals surface area contributed by atoms with Crippen molar-refractivity contribution in [3.8, 4) is 5.88 Å². The molecule has 0 aliphatic rings. The Balaban J connectivity index is 1.84. The lowest BCUT2D eigenvalue weighted by Crippen LogP contribution is -2.19. The number of hydrogen-bond acceptors (Lipinski definition) is 4. The summed E-state index contributed by atoms with van der Waals surface area (Å²) < 4.78 is 6.68. The minimum absolute atomic E-state index is 0.473. The SMILES string of the molecule is CC(C)CNCc1cnc(OCc2ccccc2Br)cn1. The number of rotatable bonds is 7. The molecule has 0 unspecified atom stereocenters. The summed E-state index contributed by atoms with van der Waals surface area (Å²) in [5.41, 5.74) is 2.01. The van der Waals surface area contributed by atoms with Crippen LogP contribution in [-0.2, 0) is 13.2 Å². The molecule has 2 aromatic rings. The Morgan fingerprint density at radius 1 is 1.19 bits per heavy atom. The number of nitrogens with zero attached hydrogens (tertiary/aromatic N) is 2. The van der Waals surface area contributed by atoms with Crippen LogP contribution in [0.25, 0.3) is 0 Å². The van der Waals surface area contributed by atoms with Crippen molar-refractivity contribution >= 4 is 15.9 Å². The predicted molar refractivity (Wildman–Crippen MR) is 87.1 cm³/mol. The third kappa shape index (κ3) is 5.44. The Bertz CT molecular complexity index is 558. The van der Waals surface area contributed by atoms with Crippen LogP contribution < -0.4 is 10.1 Å². The Kier molecular flexibility index (Phi) is 6.14. The number of ether oxygens (including phenoxy) is 1. The molecule has 0 saturated carbocycles. The molecule has 0 aliphatic carbocycles. The molecule has 5 heteroatoms. The van der Waals surface area contributed by atoms with E-state index >= 15 is 0 Å². The van der Waals surface area contributed by atoms with Gasteiger partial charge in [-0.2, -0.15) is 0 Å². The maximum Gasteiger partial charge on any atom is 0.232 e. The van der Waals surface area contributed by atoms with E-state index in [1.807, 2.05) is 24.3 Å². The Morgan fingerprint density at radius 2 is 2.00 bits per heavy atom. The van der Waals surface area contributed by atoms with Crippen LogP contribution in [0, 0.1) is 5.92 Å². The molecule has 0 bridgehead atoms. The molecule has 2 rings (SSSR count). The van der Waals surface area contributed by atoms with Crippen LogP contribution in [0.4, 0.5) is 0 Å². The molecule has 1 N–H and O–H groups in total. The second-order valence-electron chi connectivity index (χ2n) is 5.25. The monoisotopic (exact) mass is 349 g/mol. The number of benzene rings is 1. The third-order valence-electron chi connectivity index (χ3n) is 2.87. The van der Waals surface area contributed by atoms with Crippen LogP contribution in [0.3, 0.4) is 0 Å². The van der Waals surface area contributed by atoms with Crippen molar-refractivity contribution in [2.45, 2.75) is 27.0 Å². The van der Waals surface area contributed by atoms with Crippen LogP contribution >= 0.6 is 15.9 Å². The van der Waals surface area contributed by atoms with Gasteiger partial charge in [0.05, 0.1) is 18.1 Å². The maximum absolute atomic E-state index is 5.65. The fourth-order valence-electron chi connectivity index (χ4n) is 1.76. The molecule has 0 radical (unpaired) electrons. The first kappa shape index (κ1) is 15.9. The average Bonchev–Trinajstić information content (AvgIpc) is 2.47. The lowest BCUT2D eigenvalue weighted by molar-refractivity contribution is 0.291. The van der Waals surface area contributed by atoms with E-state index in [0.29, 0.717) is 18.4 Å². The van der Waals surface area contributed by atoms with E-state index in [1.165, 1.54) is 0 Å². The highest BCUT2D eigenvalue weighted by Gasteiger charge is 2.02. The van der Waals surface area contributed by atoms with Crippen molar-refractivity contribution in [1.82, 2.24) is 15.3 Å². The van der Waals surface area contributed by atoms with Crippen LogP contribution in [0.1, 0.15) is 25.1 Å². The molecule has 1 heterocycles. The number of hydrogen-bond donors (Lipinski definition) is 1. The minimum Gasteiger partial charge on any atom is -0.472 e. The smallest absolute Gasteiger partial charge is 0.232 e. The van der Waals surface area contributed by atoms with Gasteiger partial charge >= 0.3 is 0 Å². The highest BCUT2D eigenvalue weighted by Crippen LogP contribution is 2.17. The molecule has 0 saturated heterocycles. The molecule has 21 heavy (non-hydrogen) atoms. The van der Waals surface area contributed by atoms with E-state index in [-0.39, 0.29) is 0 Å². The Morgan fingerprint density at radius 3 is 2.67 bits per heavy atom. The van der Waals surface area contributed by atoms with Gasteiger partial charge in [0.25, 0.3) is 0 Å². The molecule has 1 aromatic heterocycles. The first-order chi connectivity index (χ1) is 10.1. The van der Waals surface area contributed by atoms with Gasteiger partial charge in [-0.05, 0) is 18.5 Å². The highest BCUT2D eigenvalue weighted by molar-refractivity contribution is 9.10. The highest BCUT2D eigenvalue weighted by atomic mass is 79.9. The standard InChI is InChI=1S/C16H20BrN3O/c1-12(2)7-18-8-14-9-20-16(10-19-14)21-11-13-5-3-4-6-15(13)17/h3-6,9-10,12,18H,7-8,11H2,1-2H3. The predicted octanol–water partition coefficient (Wildman–Crippen LogP) is 3.56. The lowest BCUT2D eigenvalue weighted by atomic mass is 10.2. The zero-order valence-corrected chi connectivity index (χ0v) is 13.9. The molecular formula is C16H20BrN3O. The van der Waals surface area contributed by atoms with Crippen molar-refractivity contribution < 1.29 is 4.74 Å². The van der Waals surface area contributed by atoms with Gasteiger partial charge in [0.2, 0.25) is 5.88 Å². The first-order valence-corrected chi connectivity index (χ1v) is 7.82. The van der Waals surface area contributed by atoms with Gasteiger partial charge in [0.15, 0.2) is 0 Å². The summed E-state index contributed by atoms with van der Waals surface area (Å²) in [5.74, 6) is 1.17. The van der Waals surface area contributed by atoms with E-state index in [4.69, 9.17) is 4.74 Å². The molecule has 4 nitrogen and oxygen atoms in total. The van der Waals surface area contributed by atoms with Crippen molar-refractivity contribution in [3.05, 3.63) is 52.4 Å². The second-order valence-corrected chi connectivity index (χ2v) is 6.11. The second kappa shape index (κ2) is 8.10. The van der Waals surface area contributed by atoms with Gasteiger partial charge < -0.3 is 10.1 Å². The third-order valence-corrected chi connectivity index (χ3v) is 3.65. The summed E-state index contributed by atoms with van der Waals surface area (Å²) in [6, 6.07) is 7.97. The summed E-state index contributed by atoms with van der Waals surface area (Å²) in [6.45, 7) is 6.54. The van der Waals surface area contributed by atoms with Gasteiger partial charge in [-0.25, -0.2) is 4.98 Å². The van der Waals surface area contributed by atoms with Crippen LogP contribution in [0.15, 0.2) is 41.1 Å². The molecule has 0 atom stereocenters. The van der Waals surface area contributed by atoms with Crippen molar-refractivity contribution in [2.75, 3.05) is 6.54 Å². The van der Waals surface area contributed by atoms with Crippen molar-refractivity contribution in [1.29, 1.82) is 0 Å². The molecule has 0 aliphatic heterocycles. The molecule has 112 valence electrons. The van der Waals surface area contributed by atoms with Crippen molar-refractivity contribution in [2.24, 2.45) is 5.92 Å². The van der Waals surface area contributed by atoms with Gasteiger partial charge in [-0.1, -0.05) is 48.0 Å². The normalized spacial score (nSPS) is 10.9. The van der Waals surface area contributed by atoms with Gasteiger partial charge in [0.1, 0.15) is 6.61 Å². The minimum atomic E-state index is 0.473. The summed E-state index contributed by atoms with van der Waals surface area (Å²) in [5, 5.41) is 3.34. The largest absolute Gasteiger partial charge is 0.472 e. The zero-order chi connectivity index (χ0) is 15.1. The van der Waals surface area contributed by atoms with Gasteiger partial charge in [0, 0.05) is 16.6 Å². The van der Waals surface area contributed by atoms with Gasteiger partial charge in [-0.15, -0.1) is 0 Å². The van der Waals surface area contributed by atoms with Crippen LogP contribution in [-0.4, -0.2) is 16.5 Å². The summed E-state index contributed by atoms with van der Waals surface area (Å²) in [4.78, 5) is 8.63. The first-order valence-electron chi connectivity index (χ1n) is 7.03. The van der Waals surface area contributed by atoms with Crippen LogP contribution in [0.2, 0.25) is 0 Å². The summed E-state index contributed by atoms with van der Waals surface area (Å²) >= 11 is 3.50. The molecular weight excluding hydrogens is 330 g/mol. The fraction of sp³-hybridized carbons (Fsp3) is 0.375. The lowest BCUT2D eigenvalue weighted by Gasteiger charge is -2.08. The summed E-state index contributed by atoms with van der Waals surface area (Å²) in [7, 11) is 0. The van der Waals surface area contributed by atoms with Gasteiger partial charge in [-0.3, -0.25) is 4.98 Å². The number of aromatic nitrogens is 2. The fourth-order valence-corrected chi connectivity index (χ4v) is 2.16. The quantitative estimate of drug-likeness (QED) is 0.829. The van der Waals surface area contributed by atoms with Crippen molar-refractivity contribution in [3.63, 3.8) is 0 Å². The number of nitrogens with one attached hydrogen (secondary N) is 1. The maximum atomic E-state index is 5.65. The average molecular weight is 350 g/mol. The summed E-state index contributed by atoms with van der Waals surface area (Å²) in [6.07, 6.45) is 3.42. The van der Waals surface area contributed by atoms with E-state index in [9.17, 15) is 0 Å².